The Morgan fingerprint density at radius 1 is 1.08 bits per heavy atom. The predicted molar refractivity (Wildman–Crippen MR) is 95.0 cm³/mol. The van der Waals surface area contributed by atoms with Crippen molar-refractivity contribution >= 4 is 29.1 Å². The van der Waals surface area contributed by atoms with Gasteiger partial charge in [-0.25, -0.2) is 0 Å². The second-order valence-electron chi connectivity index (χ2n) is 6.22. The van der Waals surface area contributed by atoms with E-state index in [1.165, 1.54) is 4.90 Å². The fraction of sp³-hybridized carbons (Fsp3) is 0.263. The Balaban J connectivity index is 1.72. The molecule has 0 aliphatic carbocycles. The van der Waals surface area contributed by atoms with Crippen LogP contribution >= 0.6 is 11.6 Å². The van der Waals surface area contributed by atoms with Gasteiger partial charge in [0.2, 0.25) is 5.91 Å². The van der Waals surface area contributed by atoms with Crippen molar-refractivity contribution in [3.63, 3.8) is 0 Å². The van der Waals surface area contributed by atoms with Crippen molar-refractivity contribution < 1.29 is 9.59 Å². The minimum Gasteiger partial charge on any atom is -0.373 e. The Bertz CT molecular complexity index is 766. The number of amides is 2. The normalized spacial score (nSPS) is 17.5. The van der Waals surface area contributed by atoms with Crippen LogP contribution in [0.25, 0.3) is 0 Å². The summed E-state index contributed by atoms with van der Waals surface area (Å²) in [6.45, 7) is 4.29. The molecule has 0 saturated carbocycles. The van der Waals surface area contributed by atoms with Gasteiger partial charge in [-0.3, -0.25) is 14.5 Å². The van der Waals surface area contributed by atoms with Crippen molar-refractivity contribution in [3.8, 4) is 0 Å². The number of halogens is 1. The predicted octanol–water partition coefficient (Wildman–Crippen LogP) is 3.70. The molecule has 4 nitrogen and oxygen atoms in total. The summed E-state index contributed by atoms with van der Waals surface area (Å²) in [6.07, 6.45) is 0.180. The van der Waals surface area contributed by atoms with E-state index in [2.05, 4.69) is 11.4 Å². The van der Waals surface area contributed by atoms with Gasteiger partial charge in [-0.15, -0.1) is 0 Å². The zero-order valence-corrected chi connectivity index (χ0v) is 14.4. The zero-order valence-electron chi connectivity index (χ0n) is 13.7. The SMILES string of the molecule is Cc1cc(C)cc(N[C@H]2CC(=O)N(Cc3ccc(Cl)cc3)C2=O)c1. The van der Waals surface area contributed by atoms with E-state index in [-0.39, 0.29) is 24.8 Å². The van der Waals surface area contributed by atoms with E-state index in [4.69, 9.17) is 11.6 Å². The molecule has 2 amide bonds. The Kier molecular flexibility index (Phi) is 4.58. The first-order valence-electron chi connectivity index (χ1n) is 7.86. The molecule has 0 bridgehead atoms. The molecular formula is C19H19ClN2O2. The first kappa shape index (κ1) is 16.5. The molecule has 1 aliphatic rings. The van der Waals surface area contributed by atoms with Crippen molar-refractivity contribution in [1.29, 1.82) is 0 Å². The van der Waals surface area contributed by atoms with Crippen LogP contribution in [0.1, 0.15) is 23.1 Å². The average molecular weight is 343 g/mol. The van der Waals surface area contributed by atoms with Crippen LogP contribution in [0.4, 0.5) is 5.69 Å². The smallest absolute Gasteiger partial charge is 0.252 e. The average Bonchev–Trinajstić information content (AvgIpc) is 2.76. The molecule has 1 fully saturated rings. The first-order valence-corrected chi connectivity index (χ1v) is 8.23. The Hall–Kier alpha value is -2.33. The highest BCUT2D eigenvalue weighted by molar-refractivity contribution is 6.30. The summed E-state index contributed by atoms with van der Waals surface area (Å²) in [7, 11) is 0. The van der Waals surface area contributed by atoms with Crippen LogP contribution in [0, 0.1) is 13.8 Å². The third kappa shape index (κ3) is 3.60. The monoisotopic (exact) mass is 342 g/mol. The standard InChI is InChI=1S/C19H19ClN2O2/c1-12-7-13(2)9-16(8-12)21-17-10-18(23)22(19(17)24)11-14-3-5-15(20)6-4-14/h3-9,17,21H,10-11H2,1-2H3/t17-/m0/s1. The minimum atomic E-state index is -0.508. The lowest BCUT2D eigenvalue weighted by atomic mass is 10.1. The maximum Gasteiger partial charge on any atom is 0.252 e. The number of imide groups is 1. The molecular weight excluding hydrogens is 324 g/mol. The van der Waals surface area contributed by atoms with E-state index in [1.54, 1.807) is 12.1 Å². The van der Waals surface area contributed by atoms with Crippen molar-refractivity contribution in [3.05, 3.63) is 64.2 Å². The van der Waals surface area contributed by atoms with Gasteiger partial charge in [-0.2, -0.15) is 0 Å². The Labute approximate surface area is 146 Å². The van der Waals surface area contributed by atoms with E-state index in [0.29, 0.717) is 5.02 Å². The summed E-state index contributed by atoms with van der Waals surface area (Å²) >= 11 is 5.87. The number of aryl methyl sites for hydroxylation is 2. The first-order chi connectivity index (χ1) is 11.4. The van der Waals surface area contributed by atoms with Crippen LogP contribution < -0.4 is 5.32 Å². The van der Waals surface area contributed by atoms with E-state index in [0.717, 1.165) is 22.4 Å². The molecule has 24 heavy (non-hydrogen) atoms. The maximum absolute atomic E-state index is 12.6. The molecule has 2 aromatic rings. The summed E-state index contributed by atoms with van der Waals surface area (Å²) in [6, 6.07) is 12.7. The summed E-state index contributed by atoms with van der Waals surface area (Å²) in [5.74, 6) is -0.342. The highest BCUT2D eigenvalue weighted by atomic mass is 35.5. The molecule has 1 N–H and O–H groups in total. The quantitative estimate of drug-likeness (QED) is 0.862. The van der Waals surface area contributed by atoms with E-state index in [1.807, 2.05) is 38.1 Å². The number of hydrogen-bond donors (Lipinski definition) is 1. The van der Waals surface area contributed by atoms with Crippen LogP contribution in [0.5, 0.6) is 0 Å². The second-order valence-corrected chi connectivity index (χ2v) is 6.66. The molecule has 2 aromatic carbocycles. The van der Waals surface area contributed by atoms with Gasteiger partial charge in [0.05, 0.1) is 13.0 Å². The van der Waals surface area contributed by atoms with Crippen molar-refractivity contribution in [1.82, 2.24) is 4.90 Å². The number of rotatable bonds is 4. The van der Waals surface area contributed by atoms with Gasteiger partial charge in [-0.05, 0) is 54.8 Å². The number of likely N-dealkylation sites (tertiary alicyclic amines) is 1. The summed E-state index contributed by atoms with van der Waals surface area (Å²) in [5, 5.41) is 3.83. The number of nitrogens with zero attached hydrogens (tertiary/aromatic N) is 1. The van der Waals surface area contributed by atoms with Crippen LogP contribution in [-0.4, -0.2) is 22.8 Å². The largest absolute Gasteiger partial charge is 0.373 e. The second kappa shape index (κ2) is 6.65. The summed E-state index contributed by atoms with van der Waals surface area (Å²) < 4.78 is 0. The minimum absolute atomic E-state index is 0.156. The van der Waals surface area contributed by atoms with Gasteiger partial charge in [0.15, 0.2) is 0 Å². The summed E-state index contributed by atoms with van der Waals surface area (Å²) in [4.78, 5) is 26.1. The van der Waals surface area contributed by atoms with Gasteiger partial charge in [0.1, 0.15) is 6.04 Å². The summed E-state index contributed by atoms with van der Waals surface area (Å²) in [5.41, 5.74) is 3.99. The maximum atomic E-state index is 12.6. The molecule has 0 aromatic heterocycles. The van der Waals surface area contributed by atoms with Gasteiger partial charge < -0.3 is 5.32 Å². The van der Waals surface area contributed by atoms with E-state index in [9.17, 15) is 9.59 Å². The highest BCUT2D eigenvalue weighted by Gasteiger charge is 2.38. The molecule has 1 atom stereocenters. The molecule has 1 aliphatic heterocycles. The molecule has 5 heteroatoms. The lowest BCUT2D eigenvalue weighted by Gasteiger charge is -2.16. The topological polar surface area (TPSA) is 49.4 Å². The molecule has 0 radical (unpaired) electrons. The molecule has 124 valence electrons. The zero-order chi connectivity index (χ0) is 17.3. The highest BCUT2D eigenvalue weighted by Crippen LogP contribution is 2.22. The fourth-order valence-corrected chi connectivity index (χ4v) is 3.12. The molecule has 1 heterocycles. The van der Waals surface area contributed by atoms with E-state index < -0.39 is 6.04 Å². The van der Waals surface area contributed by atoms with Crippen molar-refractivity contribution in [2.75, 3.05) is 5.32 Å². The number of carbonyl (C=O) groups is 2. The van der Waals surface area contributed by atoms with Crippen LogP contribution in [0.15, 0.2) is 42.5 Å². The van der Waals surface area contributed by atoms with Crippen LogP contribution in [-0.2, 0) is 16.1 Å². The van der Waals surface area contributed by atoms with Crippen molar-refractivity contribution in [2.24, 2.45) is 0 Å². The number of anilines is 1. The fourth-order valence-electron chi connectivity index (χ4n) is 2.99. The Morgan fingerprint density at radius 3 is 2.33 bits per heavy atom. The third-order valence-corrected chi connectivity index (χ3v) is 4.31. The molecule has 3 rings (SSSR count). The Morgan fingerprint density at radius 2 is 1.71 bits per heavy atom. The van der Waals surface area contributed by atoms with Gasteiger partial charge in [0.25, 0.3) is 5.91 Å². The van der Waals surface area contributed by atoms with Gasteiger partial charge in [0, 0.05) is 10.7 Å². The molecule has 1 saturated heterocycles. The molecule has 0 unspecified atom stereocenters. The van der Waals surface area contributed by atoms with Crippen LogP contribution in [0.3, 0.4) is 0 Å². The van der Waals surface area contributed by atoms with E-state index >= 15 is 0 Å². The lowest BCUT2D eigenvalue weighted by molar-refractivity contribution is -0.139. The molecule has 0 spiro atoms. The third-order valence-electron chi connectivity index (χ3n) is 4.06. The van der Waals surface area contributed by atoms with Gasteiger partial charge >= 0.3 is 0 Å². The number of benzene rings is 2. The number of hydrogen-bond acceptors (Lipinski definition) is 3. The number of carbonyl (C=O) groups excluding carboxylic acids is 2. The number of nitrogens with one attached hydrogen (secondary N) is 1. The lowest BCUT2D eigenvalue weighted by Crippen LogP contribution is -2.34. The van der Waals surface area contributed by atoms with Crippen molar-refractivity contribution in [2.45, 2.75) is 32.9 Å². The van der Waals surface area contributed by atoms with Gasteiger partial charge in [-0.1, -0.05) is 29.8 Å². The van der Waals surface area contributed by atoms with Crippen LogP contribution in [0.2, 0.25) is 5.02 Å².